The molecule has 0 spiro atoms. The van der Waals surface area contributed by atoms with Gasteiger partial charge in [-0.15, -0.1) is 0 Å². The number of hydrogen-bond donors (Lipinski definition) is 1. The van der Waals surface area contributed by atoms with Crippen LogP contribution in [0.5, 0.6) is 0 Å². The summed E-state index contributed by atoms with van der Waals surface area (Å²) in [6.45, 7) is 11.4. The lowest BCUT2D eigenvalue weighted by Crippen LogP contribution is -2.23. The molecule has 0 bridgehead atoms. The first-order valence-corrected chi connectivity index (χ1v) is 5.06. The maximum atomic E-state index is 4.30. The van der Waals surface area contributed by atoms with Crippen LogP contribution in [-0.4, -0.2) is 18.3 Å². The number of rotatable bonds is 5. The van der Waals surface area contributed by atoms with Crippen molar-refractivity contribution in [3.05, 3.63) is 11.8 Å². The molecule has 0 saturated heterocycles. The fourth-order valence-electron chi connectivity index (χ4n) is 1.14. The van der Waals surface area contributed by atoms with Crippen molar-refractivity contribution in [2.24, 2.45) is 4.99 Å². The minimum Gasteiger partial charge on any atom is -0.386 e. The fraction of sp³-hybridized carbons (Fsp3) is 0.727. The quantitative estimate of drug-likeness (QED) is 0.650. The number of hydrogen-bond acceptors (Lipinski definition) is 2. The molecule has 0 heterocycles. The van der Waals surface area contributed by atoms with Crippen LogP contribution in [0.2, 0.25) is 0 Å². The Bertz CT molecular complexity index is 192. The van der Waals surface area contributed by atoms with Crippen LogP contribution in [0.4, 0.5) is 0 Å². The van der Waals surface area contributed by atoms with Crippen LogP contribution in [0.25, 0.3) is 0 Å². The molecule has 0 aliphatic rings. The highest BCUT2D eigenvalue weighted by Gasteiger charge is 1.96. The molecule has 0 fully saturated rings. The van der Waals surface area contributed by atoms with Crippen molar-refractivity contribution >= 4 is 5.71 Å². The molecule has 1 atom stereocenters. The van der Waals surface area contributed by atoms with Crippen molar-refractivity contribution in [3.8, 4) is 0 Å². The van der Waals surface area contributed by atoms with E-state index in [9.17, 15) is 0 Å². The predicted molar refractivity (Wildman–Crippen MR) is 60.3 cm³/mol. The Kier molecular flexibility index (Phi) is 6.29. The minimum atomic E-state index is 0.547. The molecule has 0 radical (unpaired) electrons. The molecule has 0 saturated carbocycles. The normalized spacial score (nSPS) is 15.8. The first kappa shape index (κ1) is 12.2. The monoisotopic (exact) mass is 182 g/mol. The van der Waals surface area contributed by atoms with Crippen molar-refractivity contribution in [1.29, 1.82) is 0 Å². The maximum Gasteiger partial charge on any atom is 0.0364 e. The van der Waals surface area contributed by atoms with Crippen LogP contribution in [-0.2, 0) is 0 Å². The number of allylic oxidation sites excluding steroid dienone is 2. The van der Waals surface area contributed by atoms with E-state index in [4.69, 9.17) is 0 Å². The van der Waals surface area contributed by atoms with E-state index in [2.05, 4.69) is 44.1 Å². The van der Waals surface area contributed by atoms with Gasteiger partial charge >= 0.3 is 0 Å². The Morgan fingerprint density at radius 1 is 1.38 bits per heavy atom. The van der Waals surface area contributed by atoms with Gasteiger partial charge in [-0.2, -0.15) is 0 Å². The molecule has 1 unspecified atom stereocenters. The zero-order chi connectivity index (χ0) is 10.3. The first-order chi connectivity index (χ1) is 6.10. The number of nitrogens with zero attached hydrogens (tertiary/aromatic N) is 1. The van der Waals surface area contributed by atoms with Gasteiger partial charge in [-0.25, -0.2) is 0 Å². The van der Waals surface area contributed by atoms with Crippen molar-refractivity contribution in [2.75, 3.05) is 6.54 Å². The highest BCUT2D eigenvalue weighted by Crippen LogP contribution is 1.95. The Balaban J connectivity index is 4.08. The summed E-state index contributed by atoms with van der Waals surface area (Å²) in [7, 11) is 0. The third-order valence-electron chi connectivity index (χ3n) is 1.92. The van der Waals surface area contributed by atoms with Crippen molar-refractivity contribution < 1.29 is 0 Å². The maximum absolute atomic E-state index is 4.30. The van der Waals surface area contributed by atoms with Gasteiger partial charge in [0, 0.05) is 24.0 Å². The van der Waals surface area contributed by atoms with Crippen LogP contribution in [0.15, 0.2) is 16.8 Å². The smallest absolute Gasteiger partial charge is 0.0364 e. The van der Waals surface area contributed by atoms with Crippen LogP contribution >= 0.6 is 0 Å². The molecule has 13 heavy (non-hydrogen) atoms. The molecule has 76 valence electrons. The van der Waals surface area contributed by atoms with Crippen LogP contribution < -0.4 is 5.32 Å². The Labute approximate surface area is 82.1 Å². The molecule has 0 aliphatic heterocycles. The zero-order valence-electron chi connectivity index (χ0n) is 9.52. The Hall–Kier alpha value is -0.790. The van der Waals surface area contributed by atoms with Gasteiger partial charge in [0.2, 0.25) is 0 Å². The molecule has 1 N–H and O–H groups in total. The predicted octanol–water partition coefficient (Wildman–Crippen LogP) is 2.76. The summed E-state index contributed by atoms with van der Waals surface area (Å²) in [4.78, 5) is 4.30. The molecule has 0 aromatic rings. The molecule has 0 aromatic carbocycles. The van der Waals surface area contributed by atoms with E-state index in [1.54, 1.807) is 0 Å². The van der Waals surface area contributed by atoms with Gasteiger partial charge < -0.3 is 5.32 Å². The van der Waals surface area contributed by atoms with Gasteiger partial charge in [-0.3, -0.25) is 4.99 Å². The van der Waals surface area contributed by atoms with Gasteiger partial charge in [0.25, 0.3) is 0 Å². The SMILES string of the molecule is CCN=C(C)/C=C(/C)NC(C)CC. The third-order valence-corrected chi connectivity index (χ3v) is 1.92. The van der Waals surface area contributed by atoms with Crippen molar-refractivity contribution in [2.45, 2.75) is 47.1 Å². The van der Waals surface area contributed by atoms with Gasteiger partial charge in [0.05, 0.1) is 0 Å². The van der Waals surface area contributed by atoms with E-state index in [0.717, 1.165) is 18.7 Å². The van der Waals surface area contributed by atoms with Crippen LogP contribution in [0.1, 0.15) is 41.0 Å². The van der Waals surface area contributed by atoms with E-state index >= 15 is 0 Å². The highest BCUT2D eigenvalue weighted by atomic mass is 14.9. The lowest BCUT2D eigenvalue weighted by molar-refractivity contribution is 0.596. The van der Waals surface area contributed by atoms with Gasteiger partial charge in [0.1, 0.15) is 0 Å². The van der Waals surface area contributed by atoms with E-state index in [1.807, 2.05) is 6.92 Å². The average Bonchev–Trinajstić information content (AvgIpc) is 2.04. The molecule has 2 heteroatoms. The summed E-state index contributed by atoms with van der Waals surface area (Å²) in [6, 6.07) is 0.547. The summed E-state index contributed by atoms with van der Waals surface area (Å²) in [6.07, 6.45) is 3.24. The second kappa shape index (κ2) is 6.70. The van der Waals surface area contributed by atoms with Gasteiger partial charge in [-0.05, 0) is 40.2 Å². The molecule has 2 nitrogen and oxygen atoms in total. The van der Waals surface area contributed by atoms with Crippen LogP contribution in [0.3, 0.4) is 0 Å². The van der Waals surface area contributed by atoms with E-state index in [1.165, 1.54) is 5.70 Å². The summed E-state index contributed by atoms with van der Waals surface area (Å²) < 4.78 is 0. The lowest BCUT2D eigenvalue weighted by Gasteiger charge is -2.12. The second-order valence-corrected chi connectivity index (χ2v) is 3.40. The molecule has 0 rings (SSSR count). The van der Waals surface area contributed by atoms with Crippen molar-refractivity contribution in [3.63, 3.8) is 0 Å². The second-order valence-electron chi connectivity index (χ2n) is 3.40. The largest absolute Gasteiger partial charge is 0.386 e. The van der Waals surface area contributed by atoms with Gasteiger partial charge in [0.15, 0.2) is 0 Å². The molecule has 0 aliphatic carbocycles. The molecular weight excluding hydrogens is 160 g/mol. The van der Waals surface area contributed by atoms with Crippen molar-refractivity contribution in [1.82, 2.24) is 5.32 Å². The molecular formula is C11H22N2. The number of aliphatic imine (C=N–C) groups is 1. The zero-order valence-corrected chi connectivity index (χ0v) is 9.52. The summed E-state index contributed by atoms with van der Waals surface area (Å²) in [5, 5.41) is 3.40. The Morgan fingerprint density at radius 2 is 2.00 bits per heavy atom. The fourth-order valence-corrected chi connectivity index (χ4v) is 1.14. The standard InChI is InChI=1S/C11H22N2/c1-6-9(3)13-11(5)8-10(4)12-7-2/h8-9,13H,6-7H2,1-5H3/b11-8-,12-10?. The summed E-state index contributed by atoms with van der Waals surface area (Å²) in [5.41, 5.74) is 2.29. The average molecular weight is 182 g/mol. The third kappa shape index (κ3) is 6.38. The van der Waals surface area contributed by atoms with E-state index < -0.39 is 0 Å². The first-order valence-electron chi connectivity index (χ1n) is 5.06. The summed E-state index contributed by atoms with van der Waals surface area (Å²) >= 11 is 0. The lowest BCUT2D eigenvalue weighted by atomic mass is 10.2. The number of nitrogens with one attached hydrogen (secondary N) is 1. The Morgan fingerprint density at radius 3 is 2.46 bits per heavy atom. The topological polar surface area (TPSA) is 24.4 Å². The molecule has 0 amide bonds. The van der Waals surface area contributed by atoms with E-state index in [-0.39, 0.29) is 0 Å². The minimum absolute atomic E-state index is 0.547. The van der Waals surface area contributed by atoms with Gasteiger partial charge in [-0.1, -0.05) is 6.92 Å². The summed E-state index contributed by atoms with van der Waals surface area (Å²) in [5.74, 6) is 0. The van der Waals surface area contributed by atoms with E-state index in [0.29, 0.717) is 6.04 Å². The molecule has 0 aromatic heterocycles. The highest BCUT2D eigenvalue weighted by molar-refractivity contribution is 5.93. The van der Waals surface area contributed by atoms with Crippen LogP contribution in [0, 0.1) is 0 Å².